The smallest absolute Gasteiger partial charge is 0.164 e. The topological polar surface area (TPSA) is 93.2 Å². The predicted molar refractivity (Wildman–Crippen MR) is 117 cm³/mol. The minimum absolute atomic E-state index is 0.0569. The molecular weight excluding hydrogens is 414 g/mol. The maximum atomic E-state index is 6.25. The van der Waals surface area contributed by atoms with Gasteiger partial charge in [0.25, 0.3) is 0 Å². The van der Waals surface area contributed by atoms with Crippen LogP contribution in [0.2, 0.25) is 0 Å². The summed E-state index contributed by atoms with van der Waals surface area (Å²) in [6, 6.07) is 9.23. The van der Waals surface area contributed by atoms with Gasteiger partial charge in [-0.3, -0.25) is 0 Å². The lowest BCUT2D eigenvalue weighted by Crippen LogP contribution is -2.32. The molecule has 1 aromatic heterocycles. The van der Waals surface area contributed by atoms with E-state index >= 15 is 0 Å². The van der Waals surface area contributed by atoms with Gasteiger partial charge < -0.3 is 33.7 Å². The molecule has 0 amide bonds. The van der Waals surface area contributed by atoms with E-state index in [9.17, 15) is 0 Å². The van der Waals surface area contributed by atoms with E-state index in [2.05, 4.69) is 15.3 Å². The quantitative estimate of drug-likeness (QED) is 0.595. The summed E-state index contributed by atoms with van der Waals surface area (Å²) in [6.07, 6.45) is 2.26. The highest BCUT2D eigenvalue weighted by atomic mass is 16.6. The molecule has 0 spiro atoms. The Morgan fingerprint density at radius 2 is 1.81 bits per heavy atom. The van der Waals surface area contributed by atoms with Crippen molar-refractivity contribution < 1.29 is 28.4 Å². The largest absolute Gasteiger partial charge is 0.497 e. The summed E-state index contributed by atoms with van der Waals surface area (Å²) in [7, 11) is 4.84. The van der Waals surface area contributed by atoms with E-state index in [1.165, 1.54) is 6.33 Å². The first kappa shape index (κ1) is 20.6. The summed E-state index contributed by atoms with van der Waals surface area (Å²) in [5.41, 5.74) is 1.43. The third-order valence-corrected chi connectivity index (χ3v) is 5.78. The van der Waals surface area contributed by atoms with Crippen LogP contribution in [0.1, 0.15) is 6.42 Å². The van der Waals surface area contributed by atoms with Crippen LogP contribution in [0.25, 0.3) is 10.9 Å². The van der Waals surface area contributed by atoms with Crippen LogP contribution in [0.5, 0.6) is 23.0 Å². The molecule has 2 aliphatic heterocycles. The van der Waals surface area contributed by atoms with Gasteiger partial charge in [0.05, 0.1) is 45.2 Å². The molecule has 1 N–H and O–H groups in total. The van der Waals surface area contributed by atoms with E-state index in [0.29, 0.717) is 47.5 Å². The number of anilines is 2. The van der Waals surface area contributed by atoms with Crippen LogP contribution in [-0.2, 0) is 9.47 Å². The molecule has 9 heteroatoms. The molecule has 2 fully saturated rings. The van der Waals surface area contributed by atoms with E-state index in [0.717, 1.165) is 17.5 Å². The minimum Gasteiger partial charge on any atom is -0.497 e. The van der Waals surface area contributed by atoms with Crippen LogP contribution in [0.3, 0.4) is 0 Å². The van der Waals surface area contributed by atoms with Gasteiger partial charge in [-0.2, -0.15) is 0 Å². The number of aromatic nitrogens is 2. The maximum Gasteiger partial charge on any atom is 0.164 e. The summed E-state index contributed by atoms with van der Waals surface area (Å²) in [5.74, 6) is 3.14. The molecular formula is C23H25N3O6. The zero-order chi connectivity index (χ0) is 22.1. The molecule has 2 aliphatic rings. The first-order valence-electron chi connectivity index (χ1n) is 10.4. The van der Waals surface area contributed by atoms with Gasteiger partial charge >= 0.3 is 0 Å². The number of benzene rings is 2. The van der Waals surface area contributed by atoms with Gasteiger partial charge in [0.15, 0.2) is 17.6 Å². The standard InChI is InChI=1S/C23H25N3O6/c1-27-13-4-5-17(28-2)16(8-13)26-23-14-9-19(29-3)20(10-15(14)24-12-25-23)32-21-11-31-18-6-7-30-22(18)21/h4-5,8-10,12,18,21-22H,6-7,11H2,1-3H3,(H,24,25,26)/t18?,21-,22?/m1/s1. The third kappa shape index (κ3) is 3.74. The van der Waals surface area contributed by atoms with Crippen LogP contribution < -0.4 is 24.3 Å². The monoisotopic (exact) mass is 439 g/mol. The van der Waals surface area contributed by atoms with Crippen molar-refractivity contribution in [1.82, 2.24) is 9.97 Å². The van der Waals surface area contributed by atoms with Crippen molar-refractivity contribution in [3.05, 3.63) is 36.7 Å². The van der Waals surface area contributed by atoms with Crippen LogP contribution in [0, 0.1) is 0 Å². The Labute approximate surface area is 185 Å². The van der Waals surface area contributed by atoms with Crippen LogP contribution in [0.4, 0.5) is 11.5 Å². The number of rotatable bonds is 7. The van der Waals surface area contributed by atoms with Gasteiger partial charge in [-0.1, -0.05) is 0 Å². The van der Waals surface area contributed by atoms with Gasteiger partial charge in [0.1, 0.15) is 29.7 Å². The van der Waals surface area contributed by atoms with Crippen molar-refractivity contribution in [2.24, 2.45) is 0 Å². The van der Waals surface area contributed by atoms with Crippen molar-refractivity contribution in [3.63, 3.8) is 0 Å². The highest BCUT2D eigenvalue weighted by molar-refractivity contribution is 5.93. The SMILES string of the molecule is COc1ccc(OC)c(Nc2ncnc3cc(O[C@@H]4COC5CCOC54)c(OC)cc23)c1. The summed E-state index contributed by atoms with van der Waals surface area (Å²) >= 11 is 0. The Kier molecular flexibility index (Phi) is 5.59. The lowest BCUT2D eigenvalue weighted by molar-refractivity contribution is 0.0298. The fourth-order valence-electron chi connectivity index (χ4n) is 4.15. The molecule has 3 atom stereocenters. The van der Waals surface area contributed by atoms with Crippen molar-refractivity contribution in [3.8, 4) is 23.0 Å². The van der Waals surface area contributed by atoms with Crippen molar-refractivity contribution in [2.45, 2.75) is 24.7 Å². The Morgan fingerprint density at radius 1 is 0.938 bits per heavy atom. The average molecular weight is 439 g/mol. The predicted octanol–water partition coefficient (Wildman–Crippen LogP) is 3.33. The van der Waals surface area contributed by atoms with E-state index in [4.69, 9.17) is 28.4 Å². The molecule has 0 saturated carbocycles. The van der Waals surface area contributed by atoms with Gasteiger partial charge in [-0.25, -0.2) is 9.97 Å². The molecule has 2 saturated heterocycles. The molecule has 3 heterocycles. The molecule has 0 radical (unpaired) electrons. The van der Waals surface area contributed by atoms with E-state index in [1.807, 2.05) is 30.3 Å². The van der Waals surface area contributed by atoms with Crippen LogP contribution in [-0.4, -0.2) is 62.8 Å². The number of hydrogen-bond donors (Lipinski definition) is 1. The number of fused-ring (bicyclic) bond motifs is 2. The zero-order valence-corrected chi connectivity index (χ0v) is 18.2. The second kappa shape index (κ2) is 8.68. The van der Waals surface area contributed by atoms with Crippen LogP contribution in [0.15, 0.2) is 36.7 Å². The van der Waals surface area contributed by atoms with Crippen molar-refractivity contribution >= 4 is 22.4 Å². The highest BCUT2D eigenvalue weighted by Gasteiger charge is 2.43. The Bertz CT molecular complexity index is 1120. The molecule has 2 unspecified atom stereocenters. The fourth-order valence-corrected chi connectivity index (χ4v) is 4.15. The first-order valence-corrected chi connectivity index (χ1v) is 10.4. The first-order chi connectivity index (χ1) is 15.7. The van der Waals surface area contributed by atoms with Gasteiger partial charge in [0, 0.05) is 24.1 Å². The molecule has 2 aromatic carbocycles. The summed E-state index contributed by atoms with van der Waals surface area (Å²) < 4.78 is 34.3. The molecule has 3 aromatic rings. The Morgan fingerprint density at radius 3 is 2.62 bits per heavy atom. The number of hydrogen-bond acceptors (Lipinski definition) is 9. The van der Waals surface area contributed by atoms with E-state index in [1.54, 1.807) is 21.3 Å². The number of methoxy groups -OCH3 is 3. The van der Waals surface area contributed by atoms with Crippen molar-refractivity contribution in [2.75, 3.05) is 39.9 Å². The highest BCUT2D eigenvalue weighted by Crippen LogP contribution is 2.39. The summed E-state index contributed by atoms with van der Waals surface area (Å²) in [4.78, 5) is 8.86. The molecule has 9 nitrogen and oxygen atoms in total. The number of ether oxygens (including phenoxy) is 6. The molecule has 0 bridgehead atoms. The number of nitrogens with zero attached hydrogens (tertiary/aromatic N) is 2. The van der Waals surface area contributed by atoms with Gasteiger partial charge in [0.2, 0.25) is 0 Å². The van der Waals surface area contributed by atoms with E-state index < -0.39 is 0 Å². The summed E-state index contributed by atoms with van der Waals surface area (Å²) in [5, 5.41) is 4.10. The van der Waals surface area contributed by atoms with E-state index in [-0.39, 0.29) is 18.3 Å². The lowest BCUT2D eigenvalue weighted by Gasteiger charge is -2.20. The molecule has 0 aliphatic carbocycles. The normalized spacial score (nSPS) is 21.9. The zero-order valence-electron chi connectivity index (χ0n) is 18.2. The minimum atomic E-state index is -0.186. The maximum absolute atomic E-state index is 6.25. The second-order valence-electron chi connectivity index (χ2n) is 7.59. The molecule has 168 valence electrons. The fraction of sp³-hybridized carbons (Fsp3) is 0.391. The number of nitrogens with one attached hydrogen (secondary N) is 1. The Hall–Kier alpha value is -3.30. The van der Waals surface area contributed by atoms with Crippen LogP contribution >= 0.6 is 0 Å². The second-order valence-corrected chi connectivity index (χ2v) is 7.59. The third-order valence-electron chi connectivity index (χ3n) is 5.78. The summed E-state index contributed by atoms with van der Waals surface area (Å²) in [6.45, 7) is 1.18. The lowest BCUT2D eigenvalue weighted by atomic mass is 10.1. The van der Waals surface area contributed by atoms with Crippen molar-refractivity contribution in [1.29, 1.82) is 0 Å². The molecule has 5 rings (SSSR count). The molecule has 32 heavy (non-hydrogen) atoms. The van der Waals surface area contributed by atoms with Gasteiger partial charge in [-0.05, 0) is 24.6 Å². The van der Waals surface area contributed by atoms with Gasteiger partial charge in [-0.15, -0.1) is 0 Å². The average Bonchev–Trinajstić information content (AvgIpc) is 3.44. The Balaban J connectivity index is 1.48.